The van der Waals surface area contributed by atoms with Crippen LogP contribution in [0.3, 0.4) is 0 Å². The fourth-order valence-electron chi connectivity index (χ4n) is 1.78. The van der Waals surface area contributed by atoms with Crippen LogP contribution in [-0.4, -0.2) is 30.1 Å². The van der Waals surface area contributed by atoms with Crippen molar-refractivity contribution in [1.82, 2.24) is 4.98 Å². The lowest BCUT2D eigenvalue weighted by molar-refractivity contribution is -0.384. The minimum atomic E-state index is -0.403. The Morgan fingerprint density at radius 2 is 1.94 bits per heavy atom. The van der Waals surface area contributed by atoms with E-state index in [4.69, 9.17) is 4.74 Å². The van der Waals surface area contributed by atoms with Gasteiger partial charge in [0.2, 0.25) is 11.7 Å². The first-order chi connectivity index (χ1) is 8.63. The lowest BCUT2D eigenvalue weighted by Crippen LogP contribution is -2.26. The van der Waals surface area contributed by atoms with Crippen LogP contribution in [0.2, 0.25) is 0 Å². The van der Waals surface area contributed by atoms with Crippen molar-refractivity contribution in [3.05, 3.63) is 22.2 Å². The van der Waals surface area contributed by atoms with E-state index >= 15 is 0 Å². The molecule has 0 aromatic carbocycles. The van der Waals surface area contributed by atoms with E-state index in [0.717, 1.165) is 25.9 Å². The van der Waals surface area contributed by atoms with Gasteiger partial charge in [-0.3, -0.25) is 10.1 Å². The SMILES string of the molecule is CCCN(CCC)c1nc(OC)ccc1[N+](=O)[O-]. The van der Waals surface area contributed by atoms with E-state index in [1.165, 1.54) is 19.2 Å². The molecule has 1 rings (SSSR count). The fraction of sp³-hybridized carbons (Fsp3) is 0.583. The number of hydrogen-bond acceptors (Lipinski definition) is 5. The van der Waals surface area contributed by atoms with Gasteiger partial charge in [0, 0.05) is 25.2 Å². The molecule has 0 unspecified atom stereocenters. The number of aromatic nitrogens is 1. The highest BCUT2D eigenvalue weighted by atomic mass is 16.6. The number of nitro groups is 1. The van der Waals surface area contributed by atoms with Gasteiger partial charge in [-0.05, 0) is 12.8 Å². The maximum Gasteiger partial charge on any atom is 0.311 e. The zero-order valence-electron chi connectivity index (χ0n) is 11.0. The first-order valence-corrected chi connectivity index (χ1v) is 6.08. The van der Waals surface area contributed by atoms with E-state index in [0.29, 0.717) is 11.7 Å². The third-order valence-electron chi connectivity index (χ3n) is 2.52. The predicted molar refractivity (Wildman–Crippen MR) is 70.2 cm³/mol. The Hall–Kier alpha value is -1.85. The largest absolute Gasteiger partial charge is 0.481 e. The van der Waals surface area contributed by atoms with Crippen LogP contribution in [0.1, 0.15) is 26.7 Å². The Morgan fingerprint density at radius 1 is 1.33 bits per heavy atom. The first-order valence-electron chi connectivity index (χ1n) is 6.08. The number of methoxy groups -OCH3 is 1. The third kappa shape index (κ3) is 3.32. The summed E-state index contributed by atoms with van der Waals surface area (Å²) in [7, 11) is 1.50. The van der Waals surface area contributed by atoms with Gasteiger partial charge >= 0.3 is 5.69 Å². The molecule has 0 aliphatic carbocycles. The molecule has 0 spiro atoms. The van der Waals surface area contributed by atoms with Crippen molar-refractivity contribution in [1.29, 1.82) is 0 Å². The zero-order valence-corrected chi connectivity index (χ0v) is 11.0. The molecule has 6 heteroatoms. The van der Waals surface area contributed by atoms with Gasteiger partial charge in [0.05, 0.1) is 12.0 Å². The van der Waals surface area contributed by atoms with Gasteiger partial charge in [-0.15, -0.1) is 0 Å². The number of rotatable bonds is 7. The summed E-state index contributed by atoms with van der Waals surface area (Å²) in [6, 6.07) is 2.96. The summed E-state index contributed by atoms with van der Waals surface area (Å²) in [5, 5.41) is 11.0. The second-order valence-corrected chi connectivity index (χ2v) is 3.94. The van der Waals surface area contributed by atoms with Crippen molar-refractivity contribution < 1.29 is 9.66 Å². The van der Waals surface area contributed by atoms with Gasteiger partial charge in [0.25, 0.3) is 0 Å². The van der Waals surface area contributed by atoms with E-state index < -0.39 is 4.92 Å². The smallest absolute Gasteiger partial charge is 0.311 e. The predicted octanol–water partition coefficient (Wildman–Crippen LogP) is 2.62. The van der Waals surface area contributed by atoms with E-state index in [1.54, 1.807) is 0 Å². The molecule has 0 bridgehead atoms. The molecule has 0 saturated heterocycles. The second-order valence-electron chi connectivity index (χ2n) is 3.94. The highest BCUT2D eigenvalue weighted by molar-refractivity contribution is 5.59. The number of anilines is 1. The number of nitrogens with zero attached hydrogens (tertiary/aromatic N) is 3. The lowest BCUT2D eigenvalue weighted by atomic mass is 10.3. The molecule has 100 valence electrons. The van der Waals surface area contributed by atoms with Gasteiger partial charge in [-0.2, -0.15) is 4.98 Å². The molecule has 0 aliphatic heterocycles. The van der Waals surface area contributed by atoms with Crippen molar-refractivity contribution >= 4 is 11.5 Å². The van der Waals surface area contributed by atoms with Crippen LogP contribution in [0.4, 0.5) is 11.5 Å². The van der Waals surface area contributed by atoms with Crippen LogP contribution in [0.25, 0.3) is 0 Å². The molecule has 1 heterocycles. The van der Waals surface area contributed by atoms with Crippen LogP contribution in [-0.2, 0) is 0 Å². The minimum absolute atomic E-state index is 0.0256. The molecule has 1 aromatic heterocycles. The van der Waals surface area contributed by atoms with Gasteiger partial charge in [-0.25, -0.2) is 0 Å². The van der Waals surface area contributed by atoms with Crippen LogP contribution in [0.5, 0.6) is 5.88 Å². The second kappa shape index (κ2) is 6.78. The minimum Gasteiger partial charge on any atom is -0.481 e. The molecule has 1 aromatic rings. The average Bonchev–Trinajstić information content (AvgIpc) is 2.37. The summed E-state index contributed by atoms with van der Waals surface area (Å²) >= 11 is 0. The van der Waals surface area contributed by atoms with Crippen LogP contribution in [0, 0.1) is 10.1 Å². The van der Waals surface area contributed by atoms with Crippen molar-refractivity contribution in [3.8, 4) is 5.88 Å². The molecular weight excluding hydrogens is 234 g/mol. The Balaban J connectivity index is 3.18. The normalized spacial score (nSPS) is 10.2. The number of hydrogen-bond donors (Lipinski definition) is 0. The molecule has 0 atom stereocenters. The Labute approximate surface area is 107 Å². The number of ether oxygens (including phenoxy) is 1. The quantitative estimate of drug-likeness (QED) is 0.552. The van der Waals surface area contributed by atoms with Crippen LogP contribution >= 0.6 is 0 Å². The van der Waals surface area contributed by atoms with E-state index in [9.17, 15) is 10.1 Å². The molecule has 0 amide bonds. The van der Waals surface area contributed by atoms with Crippen molar-refractivity contribution in [2.24, 2.45) is 0 Å². The zero-order chi connectivity index (χ0) is 13.5. The molecule has 0 radical (unpaired) electrons. The summed E-state index contributed by atoms with van der Waals surface area (Å²) in [5.41, 5.74) is 0.0256. The van der Waals surface area contributed by atoms with Crippen molar-refractivity contribution in [2.75, 3.05) is 25.1 Å². The Kier molecular flexibility index (Phi) is 5.35. The molecule has 0 N–H and O–H groups in total. The van der Waals surface area contributed by atoms with Gasteiger partial charge in [-0.1, -0.05) is 13.8 Å². The molecule has 18 heavy (non-hydrogen) atoms. The lowest BCUT2D eigenvalue weighted by Gasteiger charge is -2.22. The molecular formula is C12H19N3O3. The maximum absolute atomic E-state index is 11.0. The summed E-state index contributed by atoms with van der Waals surface area (Å²) in [6.45, 7) is 5.56. The molecule has 6 nitrogen and oxygen atoms in total. The topological polar surface area (TPSA) is 68.5 Å². The monoisotopic (exact) mass is 253 g/mol. The summed E-state index contributed by atoms with van der Waals surface area (Å²) in [5.74, 6) is 0.788. The summed E-state index contributed by atoms with van der Waals surface area (Å²) < 4.78 is 5.04. The van der Waals surface area contributed by atoms with Gasteiger partial charge < -0.3 is 9.64 Å². The Morgan fingerprint density at radius 3 is 2.39 bits per heavy atom. The number of pyridine rings is 1. The van der Waals surface area contributed by atoms with Crippen molar-refractivity contribution in [3.63, 3.8) is 0 Å². The highest BCUT2D eigenvalue weighted by Crippen LogP contribution is 2.28. The van der Waals surface area contributed by atoms with Crippen LogP contribution < -0.4 is 9.64 Å². The first kappa shape index (κ1) is 14.2. The Bertz CT molecular complexity index is 404. The summed E-state index contributed by atoms with van der Waals surface area (Å²) in [6.07, 6.45) is 1.83. The van der Waals surface area contributed by atoms with E-state index in [2.05, 4.69) is 4.98 Å². The van der Waals surface area contributed by atoms with Crippen LogP contribution in [0.15, 0.2) is 12.1 Å². The third-order valence-corrected chi connectivity index (χ3v) is 2.52. The van der Waals surface area contributed by atoms with Gasteiger partial charge in [0.1, 0.15) is 0 Å². The van der Waals surface area contributed by atoms with E-state index in [-0.39, 0.29) is 5.69 Å². The summed E-state index contributed by atoms with van der Waals surface area (Å²) in [4.78, 5) is 16.8. The van der Waals surface area contributed by atoms with Crippen molar-refractivity contribution in [2.45, 2.75) is 26.7 Å². The van der Waals surface area contributed by atoms with E-state index in [1.807, 2.05) is 18.7 Å². The highest BCUT2D eigenvalue weighted by Gasteiger charge is 2.21. The fourth-order valence-corrected chi connectivity index (χ4v) is 1.78. The maximum atomic E-state index is 11.0. The standard InChI is InChI=1S/C12H19N3O3/c1-4-8-14(9-5-2)12-10(15(16)17)6-7-11(13-12)18-3/h6-7H,4-5,8-9H2,1-3H3. The molecule has 0 saturated carbocycles. The van der Waals surface area contributed by atoms with Gasteiger partial charge in [0.15, 0.2) is 0 Å². The molecule has 0 fully saturated rings. The molecule has 0 aliphatic rings. The average molecular weight is 253 g/mol.